The number of rotatable bonds is 3. The summed E-state index contributed by atoms with van der Waals surface area (Å²) in [5.74, 6) is -1.62. The first-order chi connectivity index (χ1) is 17.3. The number of hydrogen-bond donors (Lipinski definition) is 2. The quantitative estimate of drug-likeness (QED) is 0.565. The summed E-state index contributed by atoms with van der Waals surface area (Å²) in [7, 11) is 0. The van der Waals surface area contributed by atoms with E-state index in [0.29, 0.717) is 31.6 Å². The predicted molar refractivity (Wildman–Crippen MR) is 122 cm³/mol. The van der Waals surface area contributed by atoms with Crippen molar-refractivity contribution in [2.45, 2.75) is 69.5 Å². The topological polar surface area (TPSA) is 79.5 Å². The number of ether oxygens (including phenoxy) is 2. The average Bonchev–Trinajstić information content (AvgIpc) is 3.45. The number of likely N-dealkylation sites (tertiary alicyclic amines) is 1. The molecule has 3 heterocycles. The van der Waals surface area contributed by atoms with Gasteiger partial charge in [0, 0.05) is 41.9 Å². The van der Waals surface area contributed by atoms with Gasteiger partial charge < -0.3 is 14.8 Å². The monoisotopic (exact) mass is 528 g/mol. The maximum atomic E-state index is 14.6. The van der Waals surface area contributed by atoms with Crippen LogP contribution in [0.15, 0.2) is 18.2 Å². The molecule has 2 N–H and O–H groups in total. The lowest BCUT2D eigenvalue weighted by atomic mass is 9.92. The molecule has 1 aromatic heterocycles. The van der Waals surface area contributed by atoms with Crippen LogP contribution in [0.5, 0.6) is 0 Å². The highest BCUT2D eigenvalue weighted by molar-refractivity contribution is 5.68. The fourth-order valence-electron chi connectivity index (χ4n) is 5.86. The van der Waals surface area contributed by atoms with Crippen molar-refractivity contribution in [2.75, 3.05) is 19.7 Å². The lowest BCUT2D eigenvalue weighted by molar-refractivity contribution is -0.142. The molecule has 2 saturated heterocycles. The highest BCUT2D eigenvalue weighted by Gasteiger charge is 2.50. The van der Waals surface area contributed by atoms with Gasteiger partial charge in [0.25, 0.3) is 0 Å². The second-order valence-corrected chi connectivity index (χ2v) is 11.0. The summed E-state index contributed by atoms with van der Waals surface area (Å²) in [5, 5.41) is 8.82. The number of aromatic amines is 1. The number of nitrogens with one attached hydrogen (secondary N) is 2. The Morgan fingerprint density at radius 2 is 1.97 bits per heavy atom. The van der Waals surface area contributed by atoms with E-state index in [-0.39, 0.29) is 35.6 Å². The number of alkyl halides is 3. The number of carbonyl (C=O) groups excluding carboxylic acids is 1. The number of benzene rings is 1. The molecule has 2 aromatic rings. The van der Waals surface area contributed by atoms with Crippen LogP contribution in [0.2, 0.25) is 0 Å². The number of carbonyl (C=O) groups is 1. The number of aromatic nitrogens is 2. The van der Waals surface area contributed by atoms with Crippen molar-refractivity contribution in [3.05, 3.63) is 52.3 Å². The highest BCUT2D eigenvalue weighted by Crippen LogP contribution is 2.48. The number of halogens is 5. The lowest BCUT2D eigenvalue weighted by Gasteiger charge is -2.41. The largest absolute Gasteiger partial charge is 0.444 e. The van der Waals surface area contributed by atoms with Crippen molar-refractivity contribution in [1.29, 1.82) is 0 Å². The molecule has 0 bridgehead atoms. The molecule has 202 valence electrons. The molecule has 2 fully saturated rings. The molecule has 12 heteroatoms. The minimum atomic E-state index is -4.54. The molecule has 0 radical (unpaired) electrons. The fraction of sp³-hybridized carbons (Fsp3) is 0.600. The van der Waals surface area contributed by atoms with Crippen LogP contribution >= 0.6 is 0 Å². The van der Waals surface area contributed by atoms with Crippen LogP contribution in [-0.4, -0.2) is 58.6 Å². The number of H-pyrrole nitrogens is 1. The molecule has 3 unspecified atom stereocenters. The second kappa shape index (κ2) is 9.23. The van der Waals surface area contributed by atoms with Crippen molar-refractivity contribution in [3.8, 4) is 0 Å². The Labute approximate surface area is 210 Å². The summed E-state index contributed by atoms with van der Waals surface area (Å²) in [6.45, 7) is 6.20. The molecule has 1 aliphatic carbocycles. The molecular weight excluding hydrogens is 499 g/mol. The maximum Gasteiger partial charge on any atom is 0.435 e. The van der Waals surface area contributed by atoms with Gasteiger partial charge in [0.1, 0.15) is 23.3 Å². The SMILES string of the molecule is CC(C)(C)OC(=O)N[C@H]1CC(N2CC3Cc4[nH]nc(C(F)(F)F)c4C3C2)CO[C@@H]1c1cc(F)ccc1F. The van der Waals surface area contributed by atoms with Crippen molar-refractivity contribution in [1.82, 2.24) is 20.4 Å². The van der Waals surface area contributed by atoms with Gasteiger partial charge in [-0.1, -0.05) is 0 Å². The molecule has 1 aromatic carbocycles. The first-order valence-corrected chi connectivity index (χ1v) is 12.2. The highest BCUT2D eigenvalue weighted by atomic mass is 19.4. The average molecular weight is 529 g/mol. The number of amides is 1. The first-order valence-electron chi connectivity index (χ1n) is 12.2. The third-order valence-corrected chi connectivity index (χ3v) is 7.30. The molecule has 1 amide bonds. The van der Waals surface area contributed by atoms with Gasteiger partial charge >= 0.3 is 12.3 Å². The summed E-state index contributed by atoms with van der Waals surface area (Å²) in [4.78, 5) is 14.7. The zero-order chi connectivity index (χ0) is 26.7. The lowest BCUT2D eigenvalue weighted by Crippen LogP contribution is -2.52. The minimum Gasteiger partial charge on any atom is -0.444 e. The van der Waals surface area contributed by atoms with Gasteiger partial charge in [-0.15, -0.1) is 0 Å². The zero-order valence-electron chi connectivity index (χ0n) is 20.7. The van der Waals surface area contributed by atoms with Crippen LogP contribution in [0.1, 0.15) is 61.7 Å². The van der Waals surface area contributed by atoms with Gasteiger partial charge in [0.05, 0.1) is 12.6 Å². The molecule has 3 aliphatic rings. The third kappa shape index (κ3) is 5.18. The number of nitrogens with zero attached hydrogens (tertiary/aromatic N) is 2. The summed E-state index contributed by atoms with van der Waals surface area (Å²) < 4.78 is 80.5. The van der Waals surface area contributed by atoms with E-state index in [1.165, 1.54) is 0 Å². The van der Waals surface area contributed by atoms with E-state index in [4.69, 9.17) is 9.47 Å². The van der Waals surface area contributed by atoms with Gasteiger partial charge in [-0.2, -0.15) is 18.3 Å². The Hall–Kier alpha value is -2.73. The summed E-state index contributed by atoms with van der Waals surface area (Å²) >= 11 is 0. The molecule has 37 heavy (non-hydrogen) atoms. The molecule has 0 spiro atoms. The van der Waals surface area contributed by atoms with Gasteiger partial charge in [-0.3, -0.25) is 10.00 Å². The molecule has 7 nitrogen and oxygen atoms in total. The standard InChI is InChI=1S/C25H29F5N4O3/c1-24(2,3)37-23(35)31-19-8-14(11-36-21(19)15-7-13(26)4-5-17(15)27)34-9-12-6-18-20(16(12)10-34)22(33-32-18)25(28,29)30/h4-5,7,12,14,16,19,21H,6,8-11H2,1-3H3,(H,31,35)(H,32,33)/t12?,14?,16?,19-,21+/m0/s1. The van der Waals surface area contributed by atoms with E-state index in [1.54, 1.807) is 20.8 Å². The predicted octanol–water partition coefficient (Wildman–Crippen LogP) is 4.70. The Kier molecular flexibility index (Phi) is 6.46. The smallest absolute Gasteiger partial charge is 0.435 e. The Bertz CT molecular complexity index is 1180. The normalized spacial score (nSPS) is 28.2. The number of fused-ring (bicyclic) bond motifs is 3. The van der Waals surface area contributed by atoms with Crippen molar-refractivity contribution >= 4 is 6.09 Å². The molecular formula is C25H29F5N4O3. The van der Waals surface area contributed by atoms with Gasteiger partial charge in [-0.25, -0.2) is 13.6 Å². The van der Waals surface area contributed by atoms with Crippen molar-refractivity contribution in [2.24, 2.45) is 5.92 Å². The fourth-order valence-corrected chi connectivity index (χ4v) is 5.86. The van der Waals surface area contributed by atoms with Crippen LogP contribution in [0.25, 0.3) is 0 Å². The van der Waals surface area contributed by atoms with E-state index in [0.717, 1.165) is 18.2 Å². The van der Waals surface area contributed by atoms with Crippen molar-refractivity contribution in [3.63, 3.8) is 0 Å². The Morgan fingerprint density at radius 1 is 1.22 bits per heavy atom. The van der Waals surface area contributed by atoms with Crippen LogP contribution < -0.4 is 5.32 Å². The summed E-state index contributed by atoms with van der Waals surface area (Å²) in [6, 6.07) is 2.06. The second-order valence-electron chi connectivity index (χ2n) is 11.0. The van der Waals surface area contributed by atoms with E-state index in [1.807, 2.05) is 0 Å². The molecule has 2 aliphatic heterocycles. The van der Waals surface area contributed by atoms with E-state index in [9.17, 15) is 26.7 Å². The zero-order valence-corrected chi connectivity index (χ0v) is 20.7. The maximum absolute atomic E-state index is 14.6. The van der Waals surface area contributed by atoms with Gasteiger partial charge in [-0.05, 0) is 57.7 Å². The van der Waals surface area contributed by atoms with E-state index >= 15 is 0 Å². The van der Waals surface area contributed by atoms with Gasteiger partial charge in [0.2, 0.25) is 0 Å². The molecule has 5 rings (SSSR count). The van der Waals surface area contributed by atoms with E-state index < -0.39 is 47.3 Å². The molecule has 5 atom stereocenters. The first kappa shape index (κ1) is 25.9. The van der Waals surface area contributed by atoms with Crippen LogP contribution in [0, 0.1) is 17.6 Å². The Balaban J connectivity index is 1.35. The van der Waals surface area contributed by atoms with Gasteiger partial charge in [0.15, 0.2) is 5.69 Å². The third-order valence-electron chi connectivity index (χ3n) is 7.30. The van der Waals surface area contributed by atoms with Crippen LogP contribution in [-0.2, 0) is 22.1 Å². The summed E-state index contributed by atoms with van der Waals surface area (Å²) in [5.41, 5.74) is -0.880. The summed E-state index contributed by atoms with van der Waals surface area (Å²) in [6.07, 6.45) is -5.42. The number of hydrogen-bond acceptors (Lipinski definition) is 5. The minimum absolute atomic E-state index is 0.000928. The van der Waals surface area contributed by atoms with Crippen LogP contribution in [0.4, 0.5) is 26.7 Å². The number of alkyl carbamates (subject to hydrolysis) is 1. The van der Waals surface area contributed by atoms with Crippen molar-refractivity contribution < 1.29 is 36.2 Å². The Morgan fingerprint density at radius 3 is 2.68 bits per heavy atom. The molecule has 0 saturated carbocycles. The van der Waals surface area contributed by atoms with E-state index in [2.05, 4.69) is 20.4 Å². The van der Waals surface area contributed by atoms with Crippen LogP contribution in [0.3, 0.4) is 0 Å².